The molecule has 0 fully saturated rings. The summed E-state index contributed by atoms with van der Waals surface area (Å²) in [6.07, 6.45) is 0. The minimum Gasteiger partial charge on any atom is -0.497 e. The van der Waals surface area contributed by atoms with Crippen LogP contribution in [0.4, 0.5) is 0 Å². The first-order valence-corrected chi connectivity index (χ1v) is 4.40. The Hall–Kier alpha value is -2.04. The van der Waals surface area contributed by atoms with E-state index in [1.807, 2.05) is 0 Å². The van der Waals surface area contributed by atoms with Gasteiger partial charge in [-0.15, -0.1) is 0 Å². The van der Waals surface area contributed by atoms with Crippen molar-refractivity contribution in [3.8, 4) is 5.75 Å². The highest BCUT2D eigenvalue weighted by Gasteiger charge is 2.05. The Balaban J connectivity index is 2.97. The number of nitrogens with one attached hydrogen (secondary N) is 1. The smallest absolute Gasteiger partial charge is 0.272 e. The predicted octanol–water partition coefficient (Wildman–Crippen LogP) is 0.235. The normalized spacial score (nSPS) is 10.5. The highest BCUT2D eigenvalue weighted by molar-refractivity contribution is 5.81. The van der Waals surface area contributed by atoms with Crippen molar-refractivity contribution in [2.45, 2.75) is 0 Å². The standard InChI is InChI=1S/C10H10N2O3/c1-12-10(14)7-4-3-6(15-2)5-8(7)9(13)11-12/h3-5H,1-2H3,(H,11,13). The second-order valence-corrected chi connectivity index (χ2v) is 3.22. The number of benzene rings is 1. The van der Waals surface area contributed by atoms with E-state index in [0.717, 1.165) is 4.68 Å². The fourth-order valence-electron chi connectivity index (χ4n) is 1.47. The number of methoxy groups -OCH3 is 1. The van der Waals surface area contributed by atoms with E-state index in [4.69, 9.17) is 4.74 Å². The van der Waals surface area contributed by atoms with Crippen molar-refractivity contribution in [2.24, 2.45) is 7.05 Å². The first kappa shape index (κ1) is 9.51. The molecule has 0 bridgehead atoms. The molecular weight excluding hydrogens is 196 g/mol. The van der Waals surface area contributed by atoms with Crippen molar-refractivity contribution in [2.75, 3.05) is 7.11 Å². The second kappa shape index (κ2) is 3.27. The molecule has 0 aliphatic rings. The average Bonchev–Trinajstić information content (AvgIpc) is 2.25. The Morgan fingerprint density at radius 3 is 2.67 bits per heavy atom. The van der Waals surface area contributed by atoms with Crippen LogP contribution in [0, 0.1) is 0 Å². The molecule has 78 valence electrons. The SMILES string of the molecule is COc1ccc2c(=O)n(C)[nH]c(=O)c2c1. The van der Waals surface area contributed by atoms with E-state index in [-0.39, 0.29) is 11.1 Å². The van der Waals surface area contributed by atoms with Gasteiger partial charge in [-0.2, -0.15) is 0 Å². The zero-order valence-corrected chi connectivity index (χ0v) is 8.40. The number of nitrogens with zero attached hydrogens (tertiary/aromatic N) is 1. The molecule has 5 nitrogen and oxygen atoms in total. The zero-order chi connectivity index (χ0) is 11.0. The van der Waals surface area contributed by atoms with E-state index in [9.17, 15) is 9.59 Å². The third kappa shape index (κ3) is 1.41. The molecule has 0 atom stereocenters. The van der Waals surface area contributed by atoms with Crippen LogP contribution < -0.4 is 15.9 Å². The van der Waals surface area contributed by atoms with Crippen molar-refractivity contribution in [1.82, 2.24) is 9.78 Å². The van der Waals surface area contributed by atoms with Crippen molar-refractivity contribution in [3.05, 3.63) is 38.9 Å². The first-order valence-electron chi connectivity index (χ1n) is 4.40. The lowest BCUT2D eigenvalue weighted by Crippen LogP contribution is -2.27. The molecule has 0 radical (unpaired) electrons. The number of H-pyrrole nitrogens is 1. The molecule has 1 heterocycles. The van der Waals surface area contributed by atoms with Crippen molar-refractivity contribution < 1.29 is 4.74 Å². The summed E-state index contributed by atoms with van der Waals surface area (Å²) < 4.78 is 6.15. The Morgan fingerprint density at radius 1 is 1.27 bits per heavy atom. The third-order valence-electron chi connectivity index (χ3n) is 2.28. The van der Waals surface area contributed by atoms with E-state index in [1.165, 1.54) is 14.2 Å². The number of rotatable bonds is 1. The van der Waals surface area contributed by atoms with Crippen LogP contribution in [-0.2, 0) is 7.05 Å². The van der Waals surface area contributed by atoms with Gasteiger partial charge in [0.15, 0.2) is 0 Å². The molecule has 0 spiro atoms. The summed E-state index contributed by atoms with van der Waals surface area (Å²) in [6.45, 7) is 0. The number of ether oxygens (including phenoxy) is 1. The highest BCUT2D eigenvalue weighted by Crippen LogP contribution is 2.14. The lowest BCUT2D eigenvalue weighted by Gasteiger charge is -2.03. The van der Waals surface area contributed by atoms with Gasteiger partial charge in [0.05, 0.1) is 17.9 Å². The number of fused-ring (bicyclic) bond motifs is 1. The summed E-state index contributed by atoms with van der Waals surface area (Å²) in [5.41, 5.74) is -0.529. The van der Waals surface area contributed by atoms with Gasteiger partial charge in [0.1, 0.15) is 5.75 Å². The number of aromatic nitrogens is 2. The van der Waals surface area contributed by atoms with Gasteiger partial charge in [-0.3, -0.25) is 19.4 Å². The maximum atomic E-state index is 11.6. The molecule has 0 amide bonds. The van der Waals surface area contributed by atoms with Gasteiger partial charge in [-0.1, -0.05) is 0 Å². The molecule has 2 rings (SSSR count). The summed E-state index contributed by atoms with van der Waals surface area (Å²) in [5, 5.41) is 3.16. The quantitative estimate of drug-likeness (QED) is 0.726. The predicted molar refractivity (Wildman–Crippen MR) is 56.4 cm³/mol. The Kier molecular flexibility index (Phi) is 2.07. The van der Waals surface area contributed by atoms with Crippen LogP contribution in [0.1, 0.15) is 0 Å². The Morgan fingerprint density at radius 2 is 2.00 bits per heavy atom. The maximum Gasteiger partial charge on any atom is 0.272 e. The van der Waals surface area contributed by atoms with Crippen LogP contribution in [0.15, 0.2) is 27.8 Å². The summed E-state index contributed by atoms with van der Waals surface area (Å²) in [5.74, 6) is 0.557. The van der Waals surface area contributed by atoms with Crippen LogP contribution in [0.3, 0.4) is 0 Å². The van der Waals surface area contributed by atoms with Crippen LogP contribution >= 0.6 is 0 Å². The lowest BCUT2D eigenvalue weighted by molar-refractivity contribution is 0.415. The molecule has 1 aromatic carbocycles. The van der Waals surface area contributed by atoms with Crippen LogP contribution in [0.5, 0.6) is 5.75 Å². The topological polar surface area (TPSA) is 64.1 Å². The lowest BCUT2D eigenvalue weighted by atomic mass is 10.2. The number of hydrogen-bond acceptors (Lipinski definition) is 3. The second-order valence-electron chi connectivity index (χ2n) is 3.22. The van der Waals surface area contributed by atoms with Gasteiger partial charge >= 0.3 is 0 Å². The van der Waals surface area contributed by atoms with Crippen LogP contribution in [0.2, 0.25) is 0 Å². The Bertz CT molecular complexity index is 625. The van der Waals surface area contributed by atoms with E-state index in [2.05, 4.69) is 5.10 Å². The van der Waals surface area contributed by atoms with Crippen molar-refractivity contribution >= 4 is 10.8 Å². The molecule has 1 N–H and O–H groups in total. The van der Waals surface area contributed by atoms with Gasteiger partial charge in [-0.25, -0.2) is 0 Å². The van der Waals surface area contributed by atoms with Crippen molar-refractivity contribution in [1.29, 1.82) is 0 Å². The molecule has 0 saturated heterocycles. The summed E-state index contributed by atoms with van der Waals surface area (Å²) in [4.78, 5) is 23.2. The first-order chi connectivity index (χ1) is 7.13. The molecular formula is C10H10N2O3. The summed E-state index contributed by atoms with van der Waals surface area (Å²) in [6, 6.07) is 4.80. The highest BCUT2D eigenvalue weighted by atomic mass is 16.5. The van der Waals surface area contributed by atoms with Gasteiger partial charge < -0.3 is 4.74 Å². The molecule has 0 aliphatic carbocycles. The van der Waals surface area contributed by atoms with Gasteiger partial charge in [-0.05, 0) is 18.2 Å². The molecule has 2 aromatic rings. The zero-order valence-electron chi connectivity index (χ0n) is 8.40. The summed E-state index contributed by atoms with van der Waals surface area (Å²) in [7, 11) is 3.02. The van der Waals surface area contributed by atoms with Crippen LogP contribution in [-0.4, -0.2) is 16.9 Å². The fourth-order valence-corrected chi connectivity index (χ4v) is 1.47. The Labute approximate surface area is 84.9 Å². The maximum absolute atomic E-state index is 11.6. The number of hydrogen-bond donors (Lipinski definition) is 1. The minimum absolute atomic E-state index is 0.229. The van der Waals surface area contributed by atoms with E-state index in [0.29, 0.717) is 16.5 Å². The van der Waals surface area contributed by atoms with Crippen molar-refractivity contribution in [3.63, 3.8) is 0 Å². The largest absolute Gasteiger partial charge is 0.497 e. The molecule has 5 heteroatoms. The monoisotopic (exact) mass is 206 g/mol. The molecule has 0 saturated carbocycles. The van der Waals surface area contributed by atoms with E-state index in [1.54, 1.807) is 18.2 Å². The average molecular weight is 206 g/mol. The van der Waals surface area contributed by atoms with Gasteiger partial charge in [0.25, 0.3) is 11.1 Å². The number of aryl methyl sites for hydroxylation is 1. The molecule has 0 aliphatic heterocycles. The van der Waals surface area contributed by atoms with Gasteiger partial charge in [0, 0.05) is 7.05 Å². The van der Waals surface area contributed by atoms with E-state index < -0.39 is 0 Å². The molecule has 1 aromatic heterocycles. The summed E-state index contributed by atoms with van der Waals surface area (Å²) >= 11 is 0. The van der Waals surface area contributed by atoms with Crippen LogP contribution in [0.25, 0.3) is 10.8 Å². The molecule has 15 heavy (non-hydrogen) atoms. The third-order valence-corrected chi connectivity index (χ3v) is 2.28. The molecule has 0 unspecified atom stereocenters. The minimum atomic E-state index is -0.300. The van der Waals surface area contributed by atoms with Gasteiger partial charge in [0.2, 0.25) is 0 Å². The fraction of sp³-hybridized carbons (Fsp3) is 0.200. The number of aromatic amines is 1. The van der Waals surface area contributed by atoms with E-state index >= 15 is 0 Å².